The number of anilines is 1. The highest BCUT2D eigenvalue weighted by atomic mass is 19.1. The van der Waals surface area contributed by atoms with Crippen LogP contribution in [0, 0.1) is 19.7 Å². The van der Waals surface area contributed by atoms with Crippen LogP contribution in [-0.2, 0) is 9.59 Å². The molecule has 0 spiro atoms. The highest BCUT2D eigenvalue weighted by Crippen LogP contribution is 2.26. The summed E-state index contributed by atoms with van der Waals surface area (Å²) in [5, 5.41) is 11.9. The van der Waals surface area contributed by atoms with Crippen molar-refractivity contribution in [2.45, 2.75) is 13.8 Å². The third-order valence-corrected chi connectivity index (χ3v) is 3.99. The summed E-state index contributed by atoms with van der Waals surface area (Å²) in [7, 11) is 0. The molecule has 2 aromatic rings. The Kier molecular flexibility index (Phi) is 4.29. The van der Waals surface area contributed by atoms with Gasteiger partial charge in [-0.1, -0.05) is 6.07 Å². The predicted molar refractivity (Wildman–Crippen MR) is 93.0 cm³/mol. The highest BCUT2D eigenvalue weighted by Gasteiger charge is 2.36. The number of carbonyl (C=O) groups excluding carboxylic acids is 3. The summed E-state index contributed by atoms with van der Waals surface area (Å²) >= 11 is 0. The standard InChI is InChI=1S/C19H15FN2O4/c1-10-6-12(7-11(2)16(10)23)8-15-17(24)21-19(26)22(18(15)25)14-5-3-4-13(20)9-14/h3-9,23H,1-2H3,(H,21,24,26)/b15-8+. The molecule has 0 bridgehead atoms. The minimum atomic E-state index is -0.944. The number of phenols is 1. The number of halogens is 1. The van der Waals surface area contributed by atoms with Gasteiger partial charge >= 0.3 is 6.03 Å². The van der Waals surface area contributed by atoms with Gasteiger partial charge in [-0.25, -0.2) is 14.1 Å². The summed E-state index contributed by atoms with van der Waals surface area (Å²) in [5.74, 6) is -2.18. The molecule has 0 atom stereocenters. The third kappa shape index (κ3) is 3.06. The zero-order chi connectivity index (χ0) is 19.0. The second kappa shape index (κ2) is 6.44. The number of benzene rings is 2. The molecule has 0 radical (unpaired) electrons. The van der Waals surface area contributed by atoms with E-state index in [9.17, 15) is 23.9 Å². The Labute approximate surface area is 148 Å². The summed E-state index contributed by atoms with van der Waals surface area (Å²) in [6.07, 6.45) is 1.33. The van der Waals surface area contributed by atoms with Gasteiger partial charge in [0.25, 0.3) is 11.8 Å². The molecule has 1 aliphatic heterocycles. The van der Waals surface area contributed by atoms with E-state index in [1.54, 1.807) is 26.0 Å². The normalized spacial score (nSPS) is 16.2. The number of imide groups is 2. The molecule has 132 valence electrons. The Morgan fingerprint density at radius 1 is 1.08 bits per heavy atom. The number of aromatic hydroxyl groups is 1. The molecule has 0 aromatic heterocycles. The van der Waals surface area contributed by atoms with Gasteiger partial charge in [-0.3, -0.25) is 14.9 Å². The molecule has 1 fully saturated rings. The second-order valence-corrected chi connectivity index (χ2v) is 5.94. The van der Waals surface area contributed by atoms with Crippen molar-refractivity contribution in [3.63, 3.8) is 0 Å². The number of amides is 4. The van der Waals surface area contributed by atoms with E-state index in [2.05, 4.69) is 5.32 Å². The number of rotatable bonds is 2. The number of carbonyl (C=O) groups is 3. The summed E-state index contributed by atoms with van der Waals surface area (Å²) in [4.78, 5) is 37.6. The van der Waals surface area contributed by atoms with Crippen LogP contribution in [0.5, 0.6) is 5.75 Å². The molecule has 1 aliphatic rings. The molecule has 6 nitrogen and oxygen atoms in total. The lowest BCUT2D eigenvalue weighted by Gasteiger charge is -2.26. The van der Waals surface area contributed by atoms with Gasteiger partial charge in [0.15, 0.2) is 0 Å². The largest absolute Gasteiger partial charge is 0.507 e. The van der Waals surface area contributed by atoms with E-state index < -0.39 is 23.7 Å². The Balaban J connectivity index is 2.06. The van der Waals surface area contributed by atoms with Gasteiger partial charge in [0.05, 0.1) is 5.69 Å². The van der Waals surface area contributed by atoms with Crippen LogP contribution < -0.4 is 10.2 Å². The van der Waals surface area contributed by atoms with E-state index in [1.807, 2.05) is 0 Å². The van der Waals surface area contributed by atoms with Crippen LogP contribution >= 0.6 is 0 Å². The molecule has 0 unspecified atom stereocenters. The average Bonchev–Trinajstić information content (AvgIpc) is 2.56. The Bertz CT molecular complexity index is 958. The first-order valence-corrected chi connectivity index (χ1v) is 7.75. The van der Waals surface area contributed by atoms with E-state index in [1.165, 1.54) is 24.3 Å². The monoisotopic (exact) mass is 354 g/mol. The van der Waals surface area contributed by atoms with Gasteiger partial charge in [-0.15, -0.1) is 0 Å². The Morgan fingerprint density at radius 2 is 1.73 bits per heavy atom. The topological polar surface area (TPSA) is 86.7 Å². The van der Waals surface area contributed by atoms with Crippen LogP contribution in [0.2, 0.25) is 0 Å². The maximum Gasteiger partial charge on any atom is 0.335 e. The van der Waals surface area contributed by atoms with Gasteiger partial charge < -0.3 is 5.11 Å². The van der Waals surface area contributed by atoms with Crippen molar-refractivity contribution in [3.8, 4) is 5.75 Å². The van der Waals surface area contributed by atoms with Crippen LogP contribution in [0.3, 0.4) is 0 Å². The first-order valence-electron chi connectivity index (χ1n) is 7.75. The maximum atomic E-state index is 13.4. The van der Waals surface area contributed by atoms with E-state index in [0.29, 0.717) is 21.6 Å². The van der Waals surface area contributed by atoms with Crippen LogP contribution in [0.15, 0.2) is 42.0 Å². The Morgan fingerprint density at radius 3 is 2.35 bits per heavy atom. The smallest absolute Gasteiger partial charge is 0.335 e. The predicted octanol–water partition coefficient (Wildman–Crippen LogP) is 2.81. The molecule has 4 amide bonds. The van der Waals surface area contributed by atoms with Crippen molar-refractivity contribution in [2.75, 3.05) is 4.90 Å². The van der Waals surface area contributed by atoms with Gasteiger partial charge in [0.2, 0.25) is 0 Å². The fourth-order valence-electron chi connectivity index (χ4n) is 2.75. The lowest BCUT2D eigenvalue weighted by Crippen LogP contribution is -2.54. The number of urea groups is 1. The summed E-state index contributed by atoms with van der Waals surface area (Å²) in [6, 6.07) is 7.23. The number of phenolic OH excluding ortho intramolecular Hbond substituents is 1. The minimum Gasteiger partial charge on any atom is -0.507 e. The van der Waals surface area contributed by atoms with Gasteiger partial charge in [-0.05, 0) is 66.9 Å². The zero-order valence-electron chi connectivity index (χ0n) is 14.0. The minimum absolute atomic E-state index is 0.0176. The van der Waals surface area contributed by atoms with Gasteiger partial charge in [-0.2, -0.15) is 0 Å². The number of hydrogen-bond donors (Lipinski definition) is 2. The number of hydrogen-bond acceptors (Lipinski definition) is 4. The van der Waals surface area contributed by atoms with Crippen LogP contribution in [0.25, 0.3) is 6.08 Å². The lowest BCUT2D eigenvalue weighted by atomic mass is 10.0. The summed E-state index contributed by atoms with van der Waals surface area (Å²) in [6.45, 7) is 3.38. The van der Waals surface area contributed by atoms with Crippen molar-refractivity contribution in [2.24, 2.45) is 0 Å². The van der Waals surface area contributed by atoms with Gasteiger partial charge in [0.1, 0.15) is 17.1 Å². The van der Waals surface area contributed by atoms with Crippen LogP contribution in [0.4, 0.5) is 14.9 Å². The number of nitrogens with one attached hydrogen (secondary N) is 1. The molecule has 0 saturated carbocycles. The van der Waals surface area contributed by atoms with E-state index in [0.717, 1.165) is 6.07 Å². The highest BCUT2D eigenvalue weighted by molar-refractivity contribution is 6.39. The molecular weight excluding hydrogens is 339 g/mol. The van der Waals surface area contributed by atoms with Crippen molar-refractivity contribution >= 4 is 29.6 Å². The van der Waals surface area contributed by atoms with E-state index in [4.69, 9.17) is 0 Å². The van der Waals surface area contributed by atoms with E-state index in [-0.39, 0.29) is 17.0 Å². The third-order valence-electron chi connectivity index (χ3n) is 3.99. The van der Waals surface area contributed by atoms with E-state index >= 15 is 0 Å². The quantitative estimate of drug-likeness (QED) is 0.641. The SMILES string of the molecule is Cc1cc(/C=C2\C(=O)NC(=O)N(c3cccc(F)c3)C2=O)cc(C)c1O. The lowest BCUT2D eigenvalue weighted by molar-refractivity contribution is -0.122. The fraction of sp³-hybridized carbons (Fsp3) is 0.105. The molecule has 3 rings (SSSR count). The molecule has 1 saturated heterocycles. The molecule has 0 aliphatic carbocycles. The Hall–Kier alpha value is -3.48. The molecule has 1 heterocycles. The average molecular weight is 354 g/mol. The van der Waals surface area contributed by atoms with Crippen molar-refractivity contribution in [3.05, 3.63) is 64.5 Å². The first kappa shape index (κ1) is 17.3. The summed E-state index contributed by atoms with van der Waals surface area (Å²) in [5.41, 5.74) is 1.43. The van der Waals surface area contributed by atoms with Crippen molar-refractivity contribution < 1.29 is 23.9 Å². The summed E-state index contributed by atoms with van der Waals surface area (Å²) < 4.78 is 13.4. The second-order valence-electron chi connectivity index (χ2n) is 5.94. The zero-order valence-corrected chi connectivity index (χ0v) is 14.0. The van der Waals surface area contributed by atoms with Crippen molar-refractivity contribution in [1.82, 2.24) is 5.32 Å². The number of barbiturate groups is 1. The number of nitrogens with zero attached hydrogens (tertiary/aromatic N) is 1. The molecule has 2 N–H and O–H groups in total. The van der Waals surface area contributed by atoms with Crippen LogP contribution in [-0.4, -0.2) is 23.0 Å². The van der Waals surface area contributed by atoms with Crippen molar-refractivity contribution in [1.29, 1.82) is 0 Å². The van der Waals surface area contributed by atoms with Crippen LogP contribution in [0.1, 0.15) is 16.7 Å². The molecular formula is C19H15FN2O4. The first-order chi connectivity index (χ1) is 12.3. The molecule has 7 heteroatoms. The van der Waals surface area contributed by atoms with Gasteiger partial charge in [0, 0.05) is 0 Å². The maximum absolute atomic E-state index is 13.4. The number of aryl methyl sites for hydroxylation is 2. The molecule has 2 aromatic carbocycles. The molecule has 26 heavy (non-hydrogen) atoms. The fourth-order valence-corrected chi connectivity index (χ4v) is 2.75.